The SMILES string of the molecule is O=C1C(=O)N(Cc2cccs2)C(c2ccco2)/C1=C(\O)c1cccnc1. The normalized spacial score (nSPS) is 19.2. The largest absolute Gasteiger partial charge is 0.507 e. The number of ketones is 1. The van der Waals surface area contributed by atoms with Gasteiger partial charge >= 0.3 is 0 Å². The Kier molecular flexibility index (Phi) is 4.14. The van der Waals surface area contributed by atoms with Gasteiger partial charge in [-0.2, -0.15) is 0 Å². The first-order valence-corrected chi connectivity index (χ1v) is 8.79. The van der Waals surface area contributed by atoms with E-state index in [-0.39, 0.29) is 17.9 Å². The molecule has 4 rings (SSSR count). The van der Waals surface area contributed by atoms with Crippen molar-refractivity contribution in [1.29, 1.82) is 0 Å². The van der Waals surface area contributed by atoms with Crippen LogP contribution >= 0.6 is 11.3 Å². The van der Waals surface area contributed by atoms with E-state index in [1.807, 2.05) is 17.5 Å². The second kappa shape index (κ2) is 6.61. The molecule has 1 unspecified atom stereocenters. The Morgan fingerprint density at radius 2 is 2.12 bits per heavy atom. The molecule has 1 saturated heterocycles. The molecule has 0 aromatic carbocycles. The average Bonchev–Trinajstić information content (AvgIpc) is 3.41. The first kappa shape index (κ1) is 16.3. The Bertz CT molecular complexity index is 962. The van der Waals surface area contributed by atoms with Crippen LogP contribution in [0.2, 0.25) is 0 Å². The van der Waals surface area contributed by atoms with Crippen LogP contribution in [0.4, 0.5) is 0 Å². The summed E-state index contributed by atoms with van der Waals surface area (Å²) in [7, 11) is 0. The molecule has 1 atom stereocenters. The van der Waals surface area contributed by atoms with Crippen molar-refractivity contribution in [3.8, 4) is 0 Å². The third-order valence-corrected chi connectivity index (χ3v) is 5.06. The van der Waals surface area contributed by atoms with Crippen LogP contribution in [-0.2, 0) is 16.1 Å². The zero-order valence-corrected chi connectivity index (χ0v) is 14.3. The number of carbonyl (C=O) groups is 2. The Hall–Kier alpha value is -3.19. The fourth-order valence-electron chi connectivity index (χ4n) is 3.01. The number of Topliss-reactive ketones (excluding diaryl/α,β-unsaturated/α-hetero) is 1. The van der Waals surface area contributed by atoms with Gasteiger partial charge in [-0.3, -0.25) is 14.6 Å². The fraction of sp³-hybridized carbons (Fsp3) is 0.105. The predicted octanol–water partition coefficient (Wildman–Crippen LogP) is 3.36. The van der Waals surface area contributed by atoms with Gasteiger partial charge in [0.25, 0.3) is 11.7 Å². The molecular weight excluding hydrogens is 352 g/mol. The molecule has 3 aromatic rings. The number of likely N-dealkylation sites (tertiary alicyclic amines) is 1. The van der Waals surface area contributed by atoms with Crippen LogP contribution in [0.1, 0.15) is 22.2 Å². The number of nitrogens with zero attached hydrogens (tertiary/aromatic N) is 2. The Balaban J connectivity index is 1.84. The number of hydrogen-bond donors (Lipinski definition) is 1. The Morgan fingerprint density at radius 1 is 1.23 bits per heavy atom. The van der Waals surface area contributed by atoms with Gasteiger partial charge in [-0.15, -0.1) is 11.3 Å². The van der Waals surface area contributed by atoms with Gasteiger partial charge in [0.1, 0.15) is 17.6 Å². The summed E-state index contributed by atoms with van der Waals surface area (Å²) in [5.74, 6) is -1.23. The summed E-state index contributed by atoms with van der Waals surface area (Å²) in [5, 5.41) is 12.6. The van der Waals surface area contributed by atoms with Crippen molar-refractivity contribution in [1.82, 2.24) is 9.88 Å². The number of pyridine rings is 1. The highest BCUT2D eigenvalue weighted by Crippen LogP contribution is 2.40. The summed E-state index contributed by atoms with van der Waals surface area (Å²) < 4.78 is 5.48. The molecule has 1 aliphatic heterocycles. The summed E-state index contributed by atoms with van der Waals surface area (Å²) in [4.78, 5) is 31.7. The first-order chi connectivity index (χ1) is 12.7. The maximum atomic E-state index is 12.7. The van der Waals surface area contributed by atoms with Crippen LogP contribution in [0.15, 0.2) is 70.4 Å². The maximum absolute atomic E-state index is 12.7. The van der Waals surface area contributed by atoms with Crippen molar-refractivity contribution < 1.29 is 19.1 Å². The first-order valence-electron chi connectivity index (χ1n) is 7.91. The highest BCUT2D eigenvalue weighted by Gasteiger charge is 2.47. The summed E-state index contributed by atoms with van der Waals surface area (Å²) >= 11 is 1.49. The lowest BCUT2D eigenvalue weighted by Crippen LogP contribution is -2.28. The molecule has 0 saturated carbocycles. The van der Waals surface area contributed by atoms with E-state index in [9.17, 15) is 14.7 Å². The molecule has 1 N–H and O–H groups in total. The standard InChI is InChI=1S/C19H14N2O4S/c22-17(12-4-1-7-20-10-12)15-16(14-6-2-8-25-14)21(19(24)18(15)23)11-13-5-3-9-26-13/h1-10,16,22H,11H2/b17-15+. The number of hydrogen-bond acceptors (Lipinski definition) is 6. The fourth-order valence-corrected chi connectivity index (χ4v) is 3.72. The third kappa shape index (κ3) is 2.72. The van der Waals surface area contributed by atoms with Gasteiger partial charge in [-0.25, -0.2) is 0 Å². The van der Waals surface area contributed by atoms with Crippen LogP contribution in [0.5, 0.6) is 0 Å². The topological polar surface area (TPSA) is 83.6 Å². The van der Waals surface area contributed by atoms with Crippen molar-refractivity contribution in [2.24, 2.45) is 0 Å². The summed E-state index contributed by atoms with van der Waals surface area (Å²) in [6.07, 6.45) is 4.49. The lowest BCUT2D eigenvalue weighted by atomic mass is 10.00. The minimum Gasteiger partial charge on any atom is -0.507 e. The zero-order valence-electron chi connectivity index (χ0n) is 13.5. The molecule has 7 heteroatoms. The van der Waals surface area contributed by atoms with Crippen molar-refractivity contribution in [3.63, 3.8) is 0 Å². The third-order valence-electron chi connectivity index (χ3n) is 4.19. The van der Waals surface area contributed by atoms with Crippen molar-refractivity contribution in [3.05, 3.63) is 82.2 Å². The van der Waals surface area contributed by atoms with Crippen LogP contribution in [0, 0.1) is 0 Å². The predicted molar refractivity (Wildman–Crippen MR) is 95.1 cm³/mol. The molecule has 3 aromatic heterocycles. The highest BCUT2D eigenvalue weighted by atomic mass is 32.1. The number of aliphatic hydroxyl groups is 1. The van der Waals surface area contributed by atoms with Gasteiger partial charge in [0, 0.05) is 22.8 Å². The second-order valence-electron chi connectivity index (χ2n) is 5.76. The number of thiophene rings is 1. The van der Waals surface area contributed by atoms with Gasteiger partial charge in [-0.1, -0.05) is 6.07 Å². The van der Waals surface area contributed by atoms with E-state index in [1.54, 1.807) is 30.5 Å². The molecule has 1 aliphatic rings. The molecule has 6 nitrogen and oxygen atoms in total. The molecule has 0 spiro atoms. The Labute approximate surface area is 153 Å². The Morgan fingerprint density at radius 3 is 2.77 bits per heavy atom. The quantitative estimate of drug-likeness (QED) is 0.435. The summed E-state index contributed by atoms with van der Waals surface area (Å²) in [6.45, 7) is 0.261. The average molecular weight is 366 g/mol. The van der Waals surface area contributed by atoms with E-state index in [1.165, 1.54) is 28.7 Å². The smallest absolute Gasteiger partial charge is 0.296 e. The van der Waals surface area contributed by atoms with E-state index < -0.39 is 17.7 Å². The minimum atomic E-state index is -0.785. The molecule has 0 radical (unpaired) electrons. The van der Waals surface area contributed by atoms with Crippen LogP contribution in [-0.4, -0.2) is 26.7 Å². The molecular formula is C19H14N2O4S. The minimum absolute atomic E-state index is 0.00880. The van der Waals surface area contributed by atoms with E-state index in [0.717, 1.165) is 4.88 Å². The molecule has 0 bridgehead atoms. The van der Waals surface area contributed by atoms with Gasteiger partial charge in [0.05, 0.1) is 18.4 Å². The highest BCUT2D eigenvalue weighted by molar-refractivity contribution is 7.09. The van der Waals surface area contributed by atoms with Crippen molar-refractivity contribution >= 4 is 28.8 Å². The number of rotatable bonds is 4. The number of furan rings is 1. The molecule has 0 aliphatic carbocycles. The number of aliphatic hydroxyl groups excluding tert-OH is 1. The number of amides is 1. The lowest BCUT2D eigenvalue weighted by molar-refractivity contribution is -0.140. The summed E-state index contributed by atoms with van der Waals surface area (Å²) in [6, 6.07) is 9.65. The van der Waals surface area contributed by atoms with E-state index in [0.29, 0.717) is 11.3 Å². The van der Waals surface area contributed by atoms with Gasteiger partial charge in [0.15, 0.2) is 0 Å². The van der Waals surface area contributed by atoms with Gasteiger partial charge in [0.2, 0.25) is 0 Å². The van der Waals surface area contributed by atoms with E-state index in [4.69, 9.17) is 4.42 Å². The lowest BCUT2D eigenvalue weighted by Gasteiger charge is -2.22. The molecule has 1 amide bonds. The molecule has 26 heavy (non-hydrogen) atoms. The van der Waals surface area contributed by atoms with Crippen LogP contribution in [0.25, 0.3) is 5.76 Å². The molecule has 130 valence electrons. The molecule has 4 heterocycles. The van der Waals surface area contributed by atoms with Crippen LogP contribution < -0.4 is 0 Å². The molecule has 1 fully saturated rings. The van der Waals surface area contributed by atoms with Gasteiger partial charge in [-0.05, 0) is 35.7 Å². The van der Waals surface area contributed by atoms with E-state index >= 15 is 0 Å². The van der Waals surface area contributed by atoms with Crippen molar-refractivity contribution in [2.45, 2.75) is 12.6 Å². The van der Waals surface area contributed by atoms with Crippen molar-refractivity contribution in [2.75, 3.05) is 0 Å². The van der Waals surface area contributed by atoms with Crippen LogP contribution in [0.3, 0.4) is 0 Å². The second-order valence-corrected chi connectivity index (χ2v) is 6.80. The monoisotopic (exact) mass is 366 g/mol. The number of carbonyl (C=O) groups excluding carboxylic acids is 2. The van der Waals surface area contributed by atoms with E-state index in [2.05, 4.69) is 4.98 Å². The van der Waals surface area contributed by atoms with Gasteiger partial charge < -0.3 is 14.4 Å². The number of aromatic nitrogens is 1. The zero-order chi connectivity index (χ0) is 18.1. The summed E-state index contributed by atoms with van der Waals surface area (Å²) in [5.41, 5.74) is 0.382. The maximum Gasteiger partial charge on any atom is 0.296 e.